The van der Waals surface area contributed by atoms with Crippen LogP contribution in [0.4, 0.5) is 0 Å². The Hall–Kier alpha value is -0.0600. The molecule has 15 heavy (non-hydrogen) atoms. The number of thiazole rings is 1. The van der Waals surface area contributed by atoms with Crippen molar-refractivity contribution in [1.29, 1.82) is 0 Å². The highest BCUT2D eigenvalue weighted by Gasteiger charge is 2.32. The minimum absolute atomic E-state index is 0.371. The topological polar surface area (TPSA) is 38.9 Å². The average Bonchev–Trinajstić information content (AvgIpc) is 2.85. The van der Waals surface area contributed by atoms with E-state index in [9.17, 15) is 0 Å². The third-order valence-corrected chi connectivity index (χ3v) is 5.88. The lowest BCUT2D eigenvalue weighted by atomic mass is 9.97. The van der Waals surface area contributed by atoms with Gasteiger partial charge < -0.3 is 5.73 Å². The van der Waals surface area contributed by atoms with Crippen LogP contribution in [0.15, 0.2) is 5.51 Å². The van der Waals surface area contributed by atoms with E-state index in [1.54, 1.807) is 11.3 Å². The van der Waals surface area contributed by atoms with Crippen molar-refractivity contribution >= 4 is 23.1 Å². The highest BCUT2D eigenvalue weighted by molar-refractivity contribution is 8.00. The highest BCUT2D eigenvalue weighted by Crippen LogP contribution is 2.41. The van der Waals surface area contributed by atoms with Crippen molar-refractivity contribution in [2.24, 2.45) is 5.73 Å². The van der Waals surface area contributed by atoms with Gasteiger partial charge in [0, 0.05) is 16.2 Å². The predicted octanol–water partition coefficient (Wildman–Crippen LogP) is 2.61. The molecule has 2 N–H and O–H groups in total. The molecule has 1 aromatic rings. The minimum Gasteiger partial charge on any atom is -0.329 e. The van der Waals surface area contributed by atoms with E-state index in [0.717, 1.165) is 13.0 Å². The van der Waals surface area contributed by atoms with Crippen molar-refractivity contribution in [3.05, 3.63) is 16.1 Å². The van der Waals surface area contributed by atoms with Crippen molar-refractivity contribution in [1.82, 2.24) is 4.98 Å². The molecule has 0 amide bonds. The van der Waals surface area contributed by atoms with Gasteiger partial charge >= 0.3 is 0 Å². The summed E-state index contributed by atoms with van der Waals surface area (Å²) in [6.45, 7) is 2.93. The maximum atomic E-state index is 5.91. The Balaban J connectivity index is 1.94. The molecule has 1 aliphatic heterocycles. The van der Waals surface area contributed by atoms with Crippen LogP contribution in [0.2, 0.25) is 0 Å². The standard InChI is InChI=1S/C11H18N2S2/c1-9-10(14-8-13-9)3-5-11(7-12)4-2-6-15-11/h8H,2-7,12H2,1H3. The summed E-state index contributed by atoms with van der Waals surface area (Å²) in [5.41, 5.74) is 9.06. The van der Waals surface area contributed by atoms with Crippen LogP contribution in [0.3, 0.4) is 0 Å². The summed E-state index contributed by atoms with van der Waals surface area (Å²) in [7, 11) is 0. The van der Waals surface area contributed by atoms with Gasteiger partial charge in [0.15, 0.2) is 0 Å². The van der Waals surface area contributed by atoms with Crippen molar-refractivity contribution in [2.45, 2.75) is 37.4 Å². The van der Waals surface area contributed by atoms with Crippen LogP contribution in [0.1, 0.15) is 29.8 Å². The number of hydrogen-bond acceptors (Lipinski definition) is 4. The van der Waals surface area contributed by atoms with E-state index in [1.165, 1.54) is 35.6 Å². The Morgan fingerprint density at radius 2 is 2.47 bits per heavy atom. The van der Waals surface area contributed by atoms with E-state index in [0.29, 0.717) is 4.75 Å². The van der Waals surface area contributed by atoms with Crippen molar-refractivity contribution in [2.75, 3.05) is 12.3 Å². The molecule has 0 radical (unpaired) electrons. The van der Waals surface area contributed by atoms with Crippen molar-refractivity contribution < 1.29 is 0 Å². The Morgan fingerprint density at radius 3 is 3.00 bits per heavy atom. The molecule has 1 aromatic heterocycles. The number of rotatable bonds is 4. The van der Waals surface area contributed by atoms with E-state index in [-0.39, 0.29) is 0 Å². The highest BCUT2D eigenvalue weighted by atomic mass is 32.2. The van der Waals surface area contributed by atoms with Crippen LogP contribution >= 0.6 is 23.1 Å². The maximum absolute atomic E-state index is 5.91. The predicted molar refractivity (Wildman–Crippen MR) is 68.6 cm³/mol. The summed E-state index contributed by atoms with van der Waals surface area (Å²) in [6, 6.07) is 0. The Kier molecular flexibility index (Phi) is 3.69. The van der Waals surface area contributed by atoms with Gasteiger partial charge in [-0.15, -0.1) is 11.3 Å². The van der Waals surface area contributed by atoms with Gasteiger partial charge in [-0.05, 0) is 38.4 Å². The normalized spacial score (nSPS) is 26.0. The van der Waals surface area contributed by atoms with Gasteiger partial charge in [0.05, 0.1) is 11.2 Å². The second-order valence-corrected chi connectivity index (χ2v) is 6.70. The zero-order chi connectivity index (χ0) is 10.7. The summed E-state index contributed by atoms with van der Waals surface area (Å²) in [5, 5.41) is 0. The number of nitrogens with two attached hydrogens (primary N) is 1. The van der Waals surface area contributed by atoms with Gasteiger partial charge in [0.2, 0.25) is 0 Å². The Morgan fingerprint density at radius 1 is 1.60 bits per heavy atom. The van der Waals surface area contributed by atoms with Crippen LogP contribution in [0.5, 0.6) is 0 Å². The quantitative estimate of drug-likeness (QED) is 0.882. The zero-order valence-electron chi connectivity index (χ0n) is 9.16. The van der Waals surface area contributed by atoms with E-state index in [2.05, 4.69) is 23.7 Å². The molecule has 0 aliphatic carbocycles. The molecule has 1 saturated heterocycles. The van der Waals surface area contributed by atoms with Crippen LogP contribution in [-0.2, 0) is 6.42 Å². The second-order valence-electron chi connectivity index (χ2n) is 4.20. The molecule has 4 heteroatoms. The first-order valence-corrected chi connectivity index (χ1v) is 7.35. The van der Waals surface area contributed by atoms with Gasteiger partial charge in [-0.25, -0.2) is 4.98 Å². The fraction of sp³-hybridized carbons (Fsp3) is 0.727. The first kappa shape index (κ1) is 11.4. The van der Waals surface area contributed by atoms with E-state index in [1.807, 2.05) is 5.51 Å². The molecular formula is C11H18N2S2. The number of aromatic nitrogens is 1. The van der Waals surface area contributed by atoms with Gasteiger partial charge in [-0.3, -0.25) is 0 Å². The molecule has 1 aliphatic rings. The molecular weight excluding hydrogens is 224 g/mol. The van der Waals surface area contributed by atoms with Crippen molar-refractivity contribution in [3.8, 4) is 0 Å². The smallest absolute Gasteiger partial charge is 0.0797 e. The first-order valence-electron chi connectivity index (χ1n) is 5.49. The lowest BCUT2D eigenvalue weighted by Gasteiger charge is -2.25. The molecule has 1 atom stereocenters. The van der Waals surface area contributed by atoms with Crippen LogP contribution in [0.25, 0.3) is 0 Å². The molecule has 1 unspecified atom stereocenters. The average molecular weight is 242 g/mol. The number of aryl methyl sites for hydroxylation is 2. The fourth-order valence-electron chi connectivity index (χ4n) is 2.12. The molecule has 0 spiro atoms. The van der Waals surface area contributed by atoms with E-state index in [4.69, 9.17) is 5.73 Å². The summed E-state index contributed by atoms with van der Waals surface area (Å²) < 4.78 is 0.371. The third-order valence-electron chi connectivity index (χ3n) is 3.21. The lowest BCUT2D eigenvalue weighted by Crippen LogP contribution is -2.32. The minimum atomic E-state index is 0.371. The third kappa shape index (κ3) is 2.55. The largest absolute Gasteiger partial charge is 0.329 e. The van der Waals surface area contributed by atoms with Gasteiger partial charge in [0.1, 0.15) is 0 Å². The summed E-state index contributed by atoms with van der Waals surface area (Å²) >= 11 is 3.86. The van der Waals surface area contributed by atoms with Gasteiger partial charge in [0.25, 0.3) is 0 Å². The molecule has 1 fully saturated rings. The van der Waals surface area contributed by atoms with Gasteiger partial charge in [-0.1, -0.05) is 0 Å². The SMILES string of the molecule is Cc1ncsc1CCC1(CN)CCCS1. The molecule has 2 rings (SSSR count). The summed E-state index contributed by atoms with van der Waals surface area (Å²) in [4.78, 5) is 5.73. The summed E-state index contributed by atoms with van der Waals surface area (Å²) in [5.74, 6) is 1.29. The molecule has 0 saturated carbocycles. The zero-order valence-corrected chi connectivity index (χ0v) is 10.8. The maximum Gasteiger partial charge on any atom is 0.0797 e. The lowest BCUT2D eigenvalue weighted by molar-refractivity contribution is 0.528. The first-order chi connectivity index (χ1) is 7.26. The number of hydrogen-bond donors (Lipinski definition) is 1. The molecule has 2 heterocycles. The van der Waals surface area contributed by atoms with Crippen LogP contribution < -0.4 is 5.73 Å². The second kappa shape index (κ2) is 4.85. The summed E-state index contributed by atoms with van der Waals surface area (Å²) in [6.07, 6.45) is 5.01. The fourth-order valence-corrected chi connectivity index (χ4v) is 4.28. The van der Waals surface area contributed by atoms with Gasteiger partial charge in [-0.2, -0.15) is 11.8 Å². The van der Waals surface area contributed by atoms with Crippen molar-refractivity contribution in [3.63, 3.8) is 0 Å². The molecule has 0 aromatic carbocycles. The Bertz CT molecular complexity index is 316. The Labute approximate surface area is 99.7 Å². The molecule has 0 bridgehead atoms. The molecule has 84 valence electrons. The number of nitrogens with zero attached hydrogens (tertiary/aromatic N) is 1. The van der Waals surface area contributed by atoms with E-state index < -0.39 is 0 Å². The van der Waals surface area contributed by atoms with Crippen LogP contribution in [0, 0.1) is 6.92 Å². The van der Waals surface area contributed by atoms with Crippen LogP contribution in [-0.4, -0.2) is 22.0 Å². The van der Waals surface area contributed by atoms with E-state index >= 15 is 0 Å². The number of thioether (sulfide) groups is 1. The molecule has 2 nitrogen and oxygen atoms in total. The monoisotopic (exact) mass is 242 g/mol.